The molecule has 0 bridgehead atoms. The van der Waals surface area contributed by atoms with Crippen LogP contribution in [0.2, 0.25) is 0 Å². The number of carbonyl (C=O) groups excluding carboxylic acids is 1. The maximum absolute atomic E-state index is 12.9. The second-order valence-electron chi connectivity index (χ2n) is 5.22. The lowest BCUT2D eigenvalue weighted by atomic mass is 10.1. The number of thiophene rings is 1. The Morgan fingerprint density at radius 3 is 2.75 bits per heavy atom. The summed E-state index contributed by atoms with van der Waals surface area (Å²) in [5.41, 5.74) is 0.556. The number of hydrogen-bond acceptors (Lipinski definition) is 5. The van der Waals surface area contributed by atoms with Crippen LogP contribution in [0.5, 0.6) is 0 Å². The number of benzene rings is 1. The number of carbonyl (C=O) groups is 1. The van der Waals surface area contributed by atoms with Crippen LogP contribution in [0.25, 0.3) is 10.7 Å². The van der Waals surface area contributed by atoms with Crippen LogP contribution in [0.3, 0.4) is 0 Å². The molecule has 2 heterocycles. The van der Waals surface area contributed by atoms with Crippen molar-refractivity contribution >= 4 is 28.9 Å². The summed E-state index contributed by atoms with van der Waals surface area (Å²) < 4.78 is 14.8. The first-order valence-corrected chi connectivity index (χ1v) is 9.36. The zero-order valence-electron chi connectivity index (χ0n) is 13.1. The number of thioether (sulfide) groups is 1. The highest BCUT2D eigenvalue weighted by Gasteiger charge is 2.12. The van der Waals surface area contributed by atoms with E-state index in [2.05, 4.69) is 10.2 Å². The third-order valence-electron chi connectivity index (χ3n) is 3.52. The minimum absolute atomic E-state index is 0.0350. The third kappa shape index (κ3) is 3.91. The second kappa shape index (κ2) is 7.72. The average molecular weight is 361 g/mol. The fourth-order valence-corrected chi connectivity index (χ4v) is 3.83. The first-order valence-electron chi connectivity index (χ1n) is 7.50. The van der Waals surface area contributed by atoms with Gasteiger partial charge in [-0.1, -0.05) is 17.8 Å². The molecule has 3 rings (SSSR count). The van der Waals surface area contributed by atoms with Crippen molar-refractivity contribution in [2.45, 2.75) is 18.0 Å². The van der Waals surface area contributed by atoms with E-state index >= 15 is 0 Å². The molecule has 0 atom stereocenters. The molecule has 3 aromatic rings. The lowest BCUT2D eigenvalue weighted by Crippen LogP contribution is -2.00. The number of halogens is 1. The number of Topliss-reactive ketones (excluding diaryl/α,β-unsaturated/α-hetero) is 1. The Hall–Kier alpha value is -1.99. The maximum atomic E-state index is 12.9. The van der Waals surface area contributed by atoms with Crippen LogP contribution in [0.15, 0.2) is 46.9 Å². The van der Waals surface area contributed by atoms with Crippen molar-refractivity contribution < 1.29 is 9.18 Å². The molecule has 0 fully saturated rings. The van der Waals surface area contributed by atoms with Crippen molar-refractivity contribution in [3.63, 3.8) is 0 Å². The molecule has 0 saturated carbocycles. The normalized spacial score (nSPS) is 10.9. The van der Waals surface area contributed by atoms with Gasteiger partial charge in [-0.2, -0.15) is 0 Å². The van der Waals surface area contributed by atoms with Gasteiger partial charge in [-0.25, -0.2) is 4.39 Å². The van der Waals surface area contributed by atoms with Gasteiger partial charge in [0, 0.05) is 24.8 Å². The minimum atomic E-state index is -0.328. The van der Waals surface area contributed by atoms with Crippen LogP contribution in [-0.2, 0) is 7.05 Å². The summed E-state index contributed by atoms with van der Waals surface area (Å²) in [6, 6.07) is 9.69. The highest BCUT2D eigenvalue weighted by molar-refractivity contribution is 7.99. The van der Waals surface area contributed by atoms with E-state index in [0.29, 0.717) is 12.0 Å². The SMILES string of the molecule is Cn1c(SCCCC(=O)c2ccc(F)cc2)nnc1-c1cccs1. The Labute approximate surface area is 147 Å². The molecule has 0 unspecified atom stereocenters. The molecule has 0 aliphatic heterocycles. The van der Waals surface area contributed by atoms with E-state index in [-0.39, 0.29) is 11.6 Å². The van der Waals surface area contributed by atoms with Gasteiger partial charge >= 0.3 is 0 Å². The quantitative estimate of drug-likeness (QED) is 0.355. The second-order valence-corrected chi connectivity index (χ2v) is 7.23. The fourth-order valence-electron chi connectivity index (χ4n) is 2.24. The first kappa shape index (κ1) is 16.9. The zero-order valence-corrected chi connectivity index (χ0v) is 14.7. The fraction of sp³-hybridized carbons (Fsp3) is 0.235. The summed E-state index contributed by atoms with van der Waals surface area (Å²) in [6.45, 7) is 0. The van der Waals surface area contributed by atoms with Crippen molar-refractivity contribution in [2.24, 2.45) is 7.05 Å². The standard InChI is InChI=1S/C17H16FN3OS2/c1-21-16(15-5-3-10-23-15)19-20-17(21)24-11-2-4-14(22)12-6-8-13(18)9-7-12/h3,5-10H,2,4,11H2,1H3. The molecule has 0 N–H and O–H groups in total. The van der Waals surface area contributed by atoms with Crippen LogP contribution in [0.1, 0.15) is 23.2 Å². The predicted molar refractivity (Wildman–Crippen MR) is 95.0 cm³/mol. The largest absolute Gasteiger partial charge is 0.305 e. The lowest BCUT2D eigenvalue weighted by Gasteiger charge is -2.03. The number of hydrogen-bond donors (Lipinski definition) is 0. The summed E-state index contributed by atoms with van der Waals surface area (Å²) in [6.07, 6.45) is 1.18. The van der Waals surface area contributed by atoms with Crippen LogP contribution >= 0.6 is 23.1 Å². The smallest absolute Gasteiger partial charge is 0.191 e. The van der Waals surface area contributed by atoms with E-state index in [1.165, 1.54) is 24.3 Å². The van der Waals surface area contributed by atoms with Crippen molar-refractivity contribution in [1.29, 1.82) is 0 Å². The highest BCUT2D eigenvalue weighted by Crippen LogP contribution is 2.26. The molecule has 1 aromatic carbocycles. The van der Waals surface area contributed by atoms with Gasteiger partial charge < -0.3 is 4.57 Å². The Bertz CT molecular complexity index is 813. The molecule has 0 radical (unpaired) electrons. The van der Waals surface area contributed by atoms with Gasteiger partial charge in [0.25, 0.3) is 0 Å². The average Bonchev–Trinajstić information content (AvgIpc) is 3.22. The summed E-state index contributed by atoms with van der Waals surface area (Å²) in [5, 5.41) is 11.3. The van der Waals surface area contributed by atoms with Crippen LogP contribution in [0.4, 0.5) is 4.39 Å². The van der Waals surface area contributed by atoms with Gasteiger partial charge in [-0.05, 0) is 42.1 Å². The topological polar surface area (TPSA) is 47.8 Å². The van der Waals surface area contributed by atoms with Gasteiger partial charge in [-0.3, -0.25) is 4.79 Å². The Kier molecular flexibility index (Phi) is 5.42. The molecular formula is C17H16FN3OS2. The first-order chi connectivity index (χ1) is 11.6. The number of rotatable bonds is 7. The Morgan fingerprint density at radius 2 is 2.04 bits per heavy atom. The van der Waals surface area contributed by atoms with Gasteiger partial charge in [0.05, 0.1) is 4.88 Å². The van der Waals surface area contributed by atoms with Crippen molar-refractivity contribution in [2.75, 3.05) is 5.75 Å². The molecule has 7 heteroatoms. The molecule has 0 aliphatic rings. The summed E-state index contributed by atoms with van der Waals surface area (Å²) >= 11 is 3.22. The van der Waals surface area contributed by atoms with Crippen molar-refractivity contribution in [3.05, 3.63) is 53.2 Å². The molecule has 24 heavy (non-hydrogen) atoms. The molecule has 0 amide bonds. The third-order valence-corrected chi connectivity index (χ3v) is 5.49. The molecule has 2 aromatic heterocycles. The molecule has 124 valence electrons. The van der Waals surface area contributed by atoms with E-state index < -0.39 is 0 Å². The number of aromatic nitrogens is 3. The van der Waals surface area contributed by atoms with Gasteiger partial charge in [0.1, 0.15) is 5.82 Å². The number of ketones is 1. The van der Waals surface area contributed by atoms with E-state index in [0.717, 1.165) is 28.0 Å². The summed E-state index contributed by atoms with van der Waals surface area (Å²) in [7, 11) is 1.95. The molecule has 0 spiro atoms. The van der Waals surface area contributed by atoms with Crippen molar-refractivity contribution in [1.82, 2.24) is 14.8 Å². The Morgan fingerprint density at radius 1 is 1.25 bits per heavy atom. The van der Waals surface area contributed by atoms with Gasteiger partial charge in [0.2, 0.25) is 0 Å². The zero-order chi connectivity index (χ0) is 16.9. The number of nitrogens with zero attached hydrogens (tertiary/aromatic N) is 3. The van der Waals surface area contributed by atoms with E-state index in [1.54, 1.807) is 23.1 Å². The monoisotopic (exact) mass is 361 g/mol. The van der Waals surface area contributed by atoms with Crippen LogP contribution < -0.4 is 0 Å². The predicted octanol–water partition coefficient (Wildman–Crippen LogP) is 4.44. The molecule has 0 saturated heterocycles. The Balaban J connectivity index is 1.50. The minimum Gasteiger partial charge on any atom is -0.305 e. The van der Waals surface area contributed by atoms with Crippen LogP contribution in [0, 0.1) is 5.82 Å². The van der Waals surface area contributed by atoms with Crippen molar-refractivity contribution in [3.8, 4) is 10.7 Å². The summed E-state index contributed by atoms with van der Waals surface area (Å²) in [5.74, 6) is 1.34. The summed E-state index contributed by atoms with van der Waals surface area (Å²) in [4.78, 5) is 13.1. The van der Waals surface area contributed by atoms with Gasteiger partial charge in [0.15, 0.2) is 16.8 Å². The highest BCUT2D eigenvalue weighted by atomic mass is 32.2. The van der Waals surface area contributed by atoms with E-state index in [9.17, 15) is 9.18 Å². The van der Waals surface area contributed by atoms with Crippen LogP contribution in [-0.4, -0.2) is 26.3 Å². The maximum Gasteiger partial charge on any atom is 0.191 e. The van der Waals surface area contributed by atoms with E-state index in [1.807, 2.05) is 29.1 Å². The van der Waals surface area contributed by atoms with Gasteiger partial charge in [-0.15, -0.1) is 21.5 Å². The molecular weight excluding hydrogens is 345 g/mol. The van der Waals surface area contributed by atoms with E-state index in [4.69, 9.17) is 0 Å². The molecule has 0 aliphatic carbocycles. The molecule has 4 nitrogen and oxygen atoms in total. The lowest BCUT2D eigenvalue weighted by molar-refractivity contribution is 0.0982.